The molecule has 1 rings (SSSR count). The summed E-state index contributed by atoms with van der Waals surface area (Å²) in [5.41, 5.74) is 0.310. The second-order valence-corrected chi connectivity index (χ2v) is 5.92. The number of rotatable bonds is 7. The van der Waals surface area contributed by atoms with Crippen LogP contribution in [-0.2, 0) is 0 Å². The summed E-state index contributed by atoms with van der Waals surface area (Å²) in [6, 6.07) is 7.69. The Morgan fingerprint density at radius 1 is 1.33 bits per heavy atom. The second-order valence-electron chi connectivity index (χ2n) is 5.92. The van der Waals surface area contributed by atoms with Gasteiger partial charge < -0.3 is 20.1 Å². The maximum Gasteiger partial charge on any atom is 0.317 e. The molecule has 0 aliphatic rings. The number of carbonyl (C=O) groups is 1. The van der Waals surface area contributed by atoms with Crippen molar-refractivity contribution in [2.24, 2.45) is 0 Å². The van der Waals surface area contributed by atoms with Crippen molar-refractivity contribution in [1.82, 2.24) is 10.2 Å². The summed E-state index contributed by atoms with van der Waals surface area (Å²) >= 11 is 0. The molecule has 0 fully saturated rings. The molecule has 0 saturated heterocycles. The lowest BCUT2D eigenvalue weighted by atomic mass is 10.1. The standard InChI is InChI=1S/C16H26N2O3/c1-13-6-8-14(9-7-13)21-11-5-10-17-15(19)18(4)12-16(2,3)20/h6-9,20H,5,10-12H2,1-4H3,(H,17,19). The van der Waals surface area contributed by atoms with E-state index in [1.807, 2.05) is 31.2 Å². The lowest BCUT2D eigenvalue weighted by Gasteiger charge is -2.25. The van der Waals surface area contributed by atoms with E-state index >= 15 is 0 Å². The Morgan fingerprint density at radius 3 is 2.52 bits per heavy atom. The maximum absolute atomic E-state index is 11.8. The van der Waals surface area contributed by atoms with Crippen molar-refractivity contribution in [3.63, 3.8) is 0 Å². The highest BCUT2D eigenvalue weighted by molar-refractivity contribution is 5.73. The summed E-state index contributed by atoms with van der Waals surface area (Å²) in [5, 5.41) is 12.4. The Balaban J connectivity index is 2.16. The number of hydrogen-bond donors (Lipinski definition) is 2. The second kappa shape index (κ2) is 7.88. The number of hydrogen-bond acceptors (Lipinski definition) is 3. The summed E-state index contributed by atoms with van der Waals surface area (Å²) in [6.45, 7) is 6.76. The molecule has 0 unspecified atom stereocenters. The van der Waals surface area contributed by atoms with Crippen LogP contribution in [0, 0.1) is 6.92 Å². The van der Waals surface area contributed by atoms with Gasteiger partial charge >= 0.3 is 6.03 Å². The Morgan fingerprint density at radius 2 is 1.95 bits per heavy atom. The van der Waals surface area contributed by atoms with Crippen molar-refractivity contribution in [2.75, 3.05) is 26.7 Å². The molecule has 0 atom stereocenters. The predicted molar refractivity (Wildman–Crippen MR) is 83.6 cm³/mol. The minimum Gasteiger partial charge on any atom is -0.494 e. The maximum atomic E-state index is 11.8. The van der Waals surface area contributed by atoms with Crippen molar-refractivity contribution >= 4 is 6.03 Å². The molecule has 0 spiro atoms. The average molecular weight is 294 g/mol. The van der Waals surface area contributed by atoms with Gasteiger partial charge in [0.1, 0.15) is 5.75 Å². The zero-order chi connectivity index (χ0) is 15.9. The fraction of sp³-hybridized carbons (Fsp3) is 0.562. The topological polar surface area (TPSA) is 61.8 Å². The van der Waals surface area contributed by atoms with Crippen LogP contribution in [0.5, 0.6) is 5.75 Å². The Bertz CT molecular complexity index is 438. The van der Waals surface area contributed by atoms with Gasteiger partial charge in [0.05, 0.1) is 18.8 Å². The quantitative estimate of drug-likeness (QED) is 0.758. The SMILES string of the molecule is Cc1ccc(OCCCNC(=O)N(C)CC(C)(C)O)cc1. The molecule has 0 bridgehead atoms. The van der Waals surface area contributed by atoms with Crippen molar-refractivity contribution in [2.45, 2.75) is 32.8 Å². The number of aryl methyl sites for hydroxylation is 1. The van der Waals surface area contributed by atoms with Crippen LogP contribution in [0.4, 0.5) is 4.79 Å². The van der Waals surface area contributed by atoms with Gasteiger partial charge in [-0.1, -0.05) is 17.7 Å². The normalized spacial score (nSPS) is 11.1. The summed E-state index contributed by atoms with van der Waals surface area (Å²) in [4.78, 5) is 13.2. The van der Waals surface area contributed by atoms with E-state index < -0.39 is 5.60 Å². The zero-order valence-corrected chi connectivity index (χ0v) is 13.3. The van der Waals surface area contributed by atoms with Crippen molar-refractivity contribution in [3.05, 3.63) is 29.8 Å². The number of nitrogens with one attached hydrogen (secondary N) is 1. The number of amides is 2. The lowest BCUT2D eigenvalue weighted by molar-refractivity contribution is 0.0532. The molecule has 2 N–H and O–H groups in total. The van der Waals surface area contributed by atoms with Gasteiger partial charge in [-0.15, -0.1) is 0 Å². The van der Waals surface area contributed by atoms with Gasteiger partial charge in [0, 0.05) is 13.6 Å². The van der Waals surface area contributed by atoms with Crippen LogP contribution >= 0.6 is 0 Å². The first kappa shape index (κ1) is 17.3. The molecular weight excluding hydrogens is 268 g/mol. The molecule has 1 aromatic carbocycles. The summed E-state index contributed by atoms with van der Waals surface area (Å²) in [7, 11) is 1.66. The van der Waals surface area contributed by atoms with Crippen molar-refractivity contribution < 1.29 is 14.6 Å². The van der Waals surface area contributed by atoms with Gasteiger partial charge in [0.15, 0.2) is 0 Å². The largest absolute Gasteiger partial charge is 0.494 e. The van der Waals surface area contributed by atoms with Gasteiger partial charge in [-0.3, -0.25) is 0 Å². The van der Waals surface area contributed by atoms with Crippen LogP contribution in [0.2, 0.25) is 0 Å². The molecule has 0 aliphatic heterocycles. The molecule has 5 nitrogen and oxygen atoms in total. The molecule has 0 aliphatic carbocycles. The minimum atomic E-state index is -0.888. The molecule has 0 saturated carbocycles. The first-order valence-electron chi connectivity index (χ1n) is 7.19. The summed E-state index contributed by atoms with van der Waals surface area (Å²) in [5.74, 6) is 0.839. The van der Waals surface area contributed by atoms with Gasteiger partial charge in [-0.25, -0.2) is 4.79 Å². The molecule has 2 amide bonds. The van der Waals surface area contributed by atoms with Gasteiger partial charge in [0.25, 0.3) is 0 Å². The minimum absolute atomic E-state index is 0.188. The molecule has 0 heterocycles. The van der Waals surface area contributed by atoms with Crippen LogP contribution in [0.15, 0.2) is 24.3 Å². The molecule has 0 aromatic heterocycles. The Hall–Kier alpha value is -1.75. The smallest absolute Gasteiger partial charge is 0.317 e. The average Bonchev–Trinajstić information content (AvgIpc) is 2.38. The van der Waals surface area contributed by atoms with E-state index in [4.69, 9.17) is 4.74 Å². The number of likely N-dealkylation sites (N-methyl/N-ethyl adjacent to an activating group) is 1. The molecule has 118 valence electrons. The first-order valence-corrected chi connectivity index (χ1v) is 7.19. The van der Waals surface area contributed by atoms with Gasteiger partial charge in [-0.2, -0.15) is 0 Å². The van der Waals surface area contributed by atoms with Crippen LogP contribution in [0.1, 0.15) is 25.8 Å². The number of benzene rings is 1. The van der Waals surface area contributed by atoms with E-state index in [0.717, 1.165) is 12.2 Å². The highest BCUT2D eigenvalue weighted by atomic mass is 16.5. The highest BCUT2D eigenvalue weighted by Gasteiger charge is 2.18. The lowest BCUT2D eigenvalue weighted by Crippen LogP contribution is -2.44. The fourth-order valence-corrected chi connectivity index (χ4v) is 1.88. The predicted octanol–water partition coefficient (Wildman–Crippen LogP) is 2.18. The van der Waals surface area contributed by atoms with E-state index in [0.29, 0.717) is 19.7 Å². The third-order valence-corrected chi connectivity index (χ3v) is 2.86. The third kappa shape index (κ3) is 7.56. The van der Waals surface area contributed by atoms with E-state index in [-0.39, 0.29) is 6.03 Å². The highest BCUT2D eigenvalue weighted by Crippen LogP contribution is 2.11. The summed E-state index contributed by atoms with van der Waals surface area (Å²) < 4.78 is 5.58. The molecule has 1 aromatic rings. The Kier molecular flexibility index (Phi) is 6.49. The Labute approximate surface area is 126 Å². The zero-order valence-electron chi connectivity index (χ0n) is 13.3. The van der Waals surface area contributed by atoms with E-state index in [2.05, 4.69) is 5.32 Å². The number of urea groups is 1. The molecule has 0 radical (unpaired) electrons. The van der Waals surface area contributed by atoms with E-state index in [1.165, 1.54) is 10.5 Å². The van der Waals surface area contributed by atoms with Gasteiger partial charge in [-0.05, 0) is 39.3 Å². The van der Waals surface area contributed by atoms with Crippen molar-refractivity contribution in [1.29, 1.82) is 0 Å². The summed E-state index contributed by atoms with van der Waals surface area (Å²) in [6.07, 6.45) is 0.732. The van der Waals surface area contributed by atoms with Crippen LogP contribution in [0.3, 0.4) is 0 Å². The fourth-order valence-electron chi connectivity index (χ4n) is 1.88. The molecule has 21 heavy (non-hydrogen) atoms. The van der Waals surface area contributed by atoms with E-state index in [1.54, 1.807) is 20.9 Å². The van der Waals surface area contributed by atoms with Crippen LogP contribution < -0.4 is 10.1 Å². The van der Waals surface area contributed by atoms with Crippen molar-refractivity contribution in [3.8, 4) is 5.75 Å². The van der Waals surface area contributed by atoms with Gasteiger partial charge in [0.2, 0.25) is 0 Å². The number of aliphatic hydroxyl groups is 1. The van der Waals surface area contributed by atoms with Crippen LogP contribution in [0.25, 0.3) is 0 Å². The number of ether oxygens (including phenoxy) is 1. The first-order chi connectivity index (χ1) is 9.78. The molecular formula is C16H26N2O3. The molecule has 5 heteroatoms. The number of carbonyl (C=O) groups excluding carboxylic acids is 1. The number of nitrogens with zero attached hydrogens (tertiary/aromatic N) is 1. The third-order valence-electron chi connectivity index (χ3n) is 2.86. The van der Waals surface area contributed by atoms with Crippen LogP contribution in [-0.4, -0.2) is 48.4 Å². The monoisotopic (exact) mass is 294 g/mol. The van der Waals surface area contributed by atoms with E-state index in [9.17, 15) is 9.90 Å².